The molecule has 0 aliphatic heterocycles. The van der Waals surface area contributed by atoms with Crippen molar-refractivity contribution in [2.45, 2.75) is 18.6 Å². The number of nitrogens with two attached hydrogens (primary N) is 1. The molecule has 1 heterocycles. The quantitative estimate of drug-likeness (QED) is 0.815. The lowest BCUT2D eigenvalue weighted by Gasteiger charge is -2.10. The van der Waals surface area contributed by atoms with Crippen LogP contribution in [-0.4, -0.2) is 24.1 Å². The lowest BCUT2D eigenvalue weighted by Crippen LogP contribution is -2.33. The smallest absolute Gasteiger partial charge is 0.417 e. The van der Waals surface area contributed by atoms with E-state index in [4.69, 9.17) is 5.73 Å². The van der Waals surface area contributed by atoms with E-state index in [9.17, 15) is 18.0 Å². The minimum Gasteiger partial charge on any atom is -0.468 e. The molecule has 0 saturated carbocycles. The fourth-order valence-electron chi connectivity index (χ4n) is 1.17. The molecule has 1 rings (SSSR count). The highest BCUT2D eigenvalue weighted by Crippen LogP contribution is 2.28. The van der Waals surface area contributed by atoms with E-state index in [1.165, 1.54) is 13.2 Å². The van der Waals surface area contributed by atoms with Crippen LogP contribution in [0.4, 0.5) is 13.2 Å². The molecule has 0 fully saturated rings. The second-order valence-electron chi connectivity index (χ2n) is 3.37. The molecule has 0 spiro atoms. The number of hydrogen-bond donors (Lipinski definition) is 1. The van der Waals surface area contributed by atoms with Crippen LogP contribution in [0.5, 0.6) is 0 Å². The SMILES string of the molecule is COC(=O)[C@H](N)Cc1ccc(C(F)(F)F)cn1. The zero-order chi connectivity index (χ0) is 13.1. The third kappa shape index (κ3) is 3.70. The molecule has 1 atom stereocenters. The topological polar surface area (TPSA) is 65.2 Å². The van der Waals surface area contributed by atoms with Gasteiger partial charge in [0.1, 0.15) is 6.04 Å². The Hall–Kier alpha value is -1.63. The van der Waals surface area contributed by atoms with Gasteiger partial charge in [-0.15, -0.1) is 0 Å². The van der Waals surface area contributed by atoms with E-state index >= 15 is 0 Å². The summed E-state index contributed by atoms with van der Waals surface area (Å²) in [4.78, 5) is 14.6. The van der Waals surface area contributed by atoms with E-state index in [0.717, 1.165) is 6.07 Å². The summed E-state index contributed by atoms with van der Waals surface area (Å²) in [5, 5.41) is 0. The Balaban J connectivity index is 2.72. The first kappa shape index (κ1) is 13.4. The average molecular weight is 248 g/mol. The number of carbonyl (C=O) groups is 1. The van der Waals surface area contributed by atoms with Gasteiger partial charge in [-0.05, 0) is 12.1 Å². The summed E-state index contributed by atoms with van der Waals surface area (Å²) >= 11 is 0. The van der Waals surface area contributed by atoms with Gasteiger partial charge in [-0.1, -0.05) is 0 Å². The fourth-order valence-corrected chi connectivity index (χ4v) is 1.17. The average Bonchev–Trinajstić information content (AvgIpc) is 2.27. The molecule has 4 nitrogen and oxygen atoms in total. The molecule has 1 aromatic rings. The van der Waals surface area contributed by atoms with Crippen LogP contribution in [0, 0.1) is 0 Å². The Labute approximate surface area is 95.6 Å². The Morgan fingerprint density at radius 1 is 1.53 bits per heavy atom. The maximum Gasteiger partial charge on any atom is 0.417 e. The van der Waals surface area contributed by atoms with E-state index in [-0.39, 0.29) is 6.42 Å². The third-order valence-electron chi connectivity index (χ3n) is 2.09. The van der Waals surface area contributed by atoms with Crippen molar-refractivity contribution in [2.75, 3.05) is 7.11 Å². The number of halogens is 3. The molecule has 0 aliphatic carbocycles. The van der Waals surface area contributed by atoms with Crippen LogP contribution in [0.1, 0.15) is 11.3 Å². The highest BCUT2D eigenvalue weighted by atomic mass is 19.4. The summed E-state index contributed by atoms with van der Waals surface area (Å²) < 4.78 is 41.1. The molecule has 17 heavy (non-hydrogen) atoms. The first-order chi connectivity index (χ1) is 7.84. The number of nitrogens with zero attached hydrogens (tertiary/aromatic N) is 1. The third-order valence-corrected chi connectivity index (χ3v) is 2.09. The molecule has 0 aromatic carbocycles. The maximum absolute atomic E-state index is 12.2. The summed E-state index contributed by atoms with van der Waals surface area (Å²) in [6.45, 7) is 0. The molecule has 0 aliphatic rings. The van der Waals surface area contributed by atoms with Crippen molar-refractivity contribution in [3.63, 3.8) is 0 Å². The summed E-state index contributed by atoms with van der Waals surface area (Å²) in [5.74, 6) is -0.633. The van der Waals surface area contributed by atoms with Gasteiger partial charge in [-0.2, -0.15) is 13.2 Å². The molecule has 1 aromatic heterocycles. The molecular formula is C10H11F3N2O2. The number of pyridine rings is 1. The number of rotatable bonds is 3. The second kappa shape index (κ2) is 5.13. The van der Waals surface area contributed by atoms with Crippen LogP contribution >= 0.6 is 0 Å². The van der Waals surface area contributed by atoms with Crippen LogP contribution in [0.15, 0.2) is 18.3 Å². The van der Waals surface area contributed by atoms with Gasteiger partial charge in [-0.25, -0.2) is 0 Å². The van der Waals surface area contributed by atoms with Crippen molar-refractivity contribution in [1.29, 1.82) is 0 Å². The van der Waals surface area contributed by atoms with E-state index in [1.807, 2.05) is 0 Å². The van der Waals surface area contributed by atoms with Crippen molar-refractivity contribution in [2.24, 2.45) is 5.73 Å². The number of methoxy groups -OCH3 is 1. The fraction of sp³-hybridized carbons (Fsp3) is 0.400. The minimum absolute atomic E-state index is 0.0326. The van der Waals surface area contributed by atoms with E-state index in [2.05, 4.69) is 9.72 Å². The van der Waals surface area contributed by atoms with Gasteiger partial charge < -0.3 is 10.5 Å². The number of esters is 1. The number of ether oxygens (including phenoxy) is 1. The molecule has 94 valence electrons. The lowest BCUT2D eigenvalue weighted by atomic mass is 10.1. The normalized spacial score (nSPS) is 13.2. The highest BCUT2D eigenvalue weighted by Gasteiger charge is 2.30. The molecule has 0 saturated heterocycles. The van der Waals surface area contributed by atoms with Crippen LogP contribution in [0.3, 0.4) is 0 Å². The van der Waals surface area contributed by atoms with Crippen LogP contribution in [0.25, 0.3) is 0 Å². The number of aromatic nitrogens is 1. The maximum atomic E-state index is 12.2. The molecule has 0 unspecified atom stereocenters. The molecule has 0 radical (unpaired) electrons. The van der Waals surface area contributed by atoms with Gasteiger partial charge >= 0.3 is 12.1 Å². The van der Waals surface area contributed by atoms with Gasteiger partial charge in [-0.3, -0.25) is 9.78 Å². The lowest BCUT2D eigenvalue weighted by molar-refractivity contribution is -0.142. The summed E-state index contributed by atoms with van der Waals surface area (Å²) in [5.41, 5.74) is 4.91. The molecular weight excluding hydrogens is 237 g/mol. The second-order valence-corrected chi connectivity index (χ2v) is 3.37. The van der Waals surface area contributed by atoms with Crippen molar-refractivity contribution in [3.8, 4) is 0 Å². The predicted molar refractivity (Wildman–Crippen MR) is 52.9 cm³/mol. The van der Waals surface area contributed by atoms with Crippen LogP contribution in [0.2, 0.25) is 0 Å². The number of hydrogen-bond acceptors (Lipinski definition) is 4. The van der Waals surface area contributed by atoms with Crippen molar-refractivity contribution in [1.82, 2.24) is 4.98 Å². The number of carbonyl (C=O) groups excluding carboxylic acids is 1. The van der Waals surface area contributed by atoms with Crippen LogP contribution < -0.4 is 5.73 Å². The van der Waals surface area contributed by atoms with Gasteiger partial charge in [0.2, 0.25) is 0 Å². The first-order valence-electron chi connectivity index (χ1n) is 4.70. The van der Waals surface area contributed by atoms with Crippen molar-refractivity contribution < 1.29 is 22.7 Å². The summed E-state index contributed by atoms with van der Waals surface area (Å²) in [6.07, 6.45) is -3.68. The van der Waals surface area contributed by atoms with Gasteiger partial charge in [0.15, 0.2) is 0 Å². The Kier molecular flexibility index (Phi) is 4.06. The van der Waals surface area contributed by atoms with Crippen molar-refractivity contribution in [3.05, 3.63) is 29.6 Å². The van der Waals surface area contributed by atoms with E-state index in [0.29, 0.717) is 11.9 Å². The zero-order valence-electron chi connectivity index (χ0n) is 8.99. The Bertz CT molecular complexity index is 390. The summed E-state index contributed by atoms with van der Waals surface area (Å²) in [6, 6.07) is 1.15. The Morgan fingerprint density at radius 2 is 2.18 bits per heavy atom. The minimum atomic E-state index is -4.42. The standard InChI is InChI=1S/C10H11F3N2O2/c1-17-9(16)8(14)4-7-3-2-6(5-15-7)10(11,12)13/h2-3,5,8H,4,14H2,1H3/t8-/m1/s1. The Morgan fingerprint density at radius 3 is 2.59 bits per heavy atom. The monoisotopic (exact) mass is 248 g/mol. The molecule has 7 heteroatoms. The molecule has 0 bridgehead atoms. The van der Waals surface area contributed by atoms with Crippen molar-refractivity contribution >= 4 is 5.97 Å². The van der Waals surface area contributed by atoms with Gasteiger partial charge in [0.25, 0.3) is 0 Å². The number of alkyl halides is 3. The molecule has 0 amide bonds. The molecule has 2 N–H and O–H groups in total. The van der Waals surface area contributed by atoms with Gasteiger partial charge in [0.05, 0.1) is 12.7 Å². The summed E-state index contributed by atoms with van der Waals surface area (Å²) in [7, 11) is 1.18. The zero-order valence-corrected chi connectivity index (χ0v) is 8.99. The highest BCUT2D eigenvalue weighted by molar-refractivity contribution is 5.75. The van der Waals surface area contributed by atoms with E-state index in [1.54, 1.807) is 0 Å². The van der Waals surface area contributed by atoms with E-state index < -0.39 is 23.8 Å². The predicted octanol–water partition coefficient (Wildman–Crippen LogP) is 1.14. The van der Waals surface area contributed by atoms with Crippen LogP contribution in [-0.2, 0) is 22.1 Å². The first-order valence-corrected chi connectivity index (χ1v) is 4.70. The largest absolute Gasteiger partial charge is 0.468 e. The van der Waals surface area contributed by atoms with Gasteiger partial charge in [0, 0.05) is 18.3 Å².